The highest BCUT2D eigenvalue weighted by atomic mass is 16.2. The number of aromatic nitrogens is 6. The van der Waals surface area contributed by atoms with Crippen molar-refractivity contribution in [1.82, 2.24) is 34.3 Å². The molecule has 0 saturated heterocycles. The Morgan fingerprint density at radius 1 is 1.05 bits per heavy atom. The Kier molecular flexibility index (Phi) is 6.44. The van der Waals surface area contributed by atoms with Crippen molar-refractivity contribution in [2.24, 2.45) is 7.05 Å². The van der Waals surface area contributed by atoms with Gasteiger partial charge in [-0.15, -0.1) is 0 Å². The molecule has 0 spiro atoms. The molecule has 1 atom stereocenters. The fourth-order valence-corrected chi connectivity index (χ4v) is 5.00. The quantitative estimate of drug-likeness (QED) is 0.336. The maximum Gasteiger partial charge on any atom is 0.264 e. The molecule has 2 aromatic carbocycles. The molecule has 6 aromatic rings. The second-order valence-corrected chi connectivity index (χ2v) is 10.0. The maximum absolute atomic E-state index is 14.3. The topological polar surface area (TPSA) is 99.1 Å². The molecule has 0 fully saturated rings. The molecule has 41 heavy (non-hydrogen) atoms. The van der Waals surface area contributed by atoms with E-state index in [0.717, 1.165) is 16.5 Å². The number of fused-ring (bicyclic) bond motifs is 2. The van der Waals surface area contributed by atoms with Gasteiger partial charge in [-0.3, -0.25) is 18.8 Å². The van der Waals surface area contributed by atoms with Crippen LogP contribution in [0.25, 0.3) is 22.1 Å². The Morgan fingerprint density at radius 3 is 2.61 bits per heavy atom. The number of aryl methyl sites for hydroxylation is 3. The minimum atomic E-state index is -0.524. The van der Waals surface area contributed by atoms with Crippen molar-refractivity contribution < 1.29 is 4.79 Å². The van der Waals surface area contributed by atoms with Gasteiger partial charge in [-0.05, 0) is 56.5 Å². The Hall–Kier alpha value is -5.49. The summed E-state index contributed by atoms with van der Waals surface area (Å²) in [5.41, 5.74) is 5.01. The number of carbonyl (C=O) groups excluding carboxylic acids is 1. The molecule has 9 nitrogen and oxygen atoms in total. The summed E-state index contributed by atoms with van der Waals surface area (Å²) in [6.45, 7) is 5.64. The highest BCUT2D eigenvalue weighted by Gasteiger charge is 2.23. The molecule has 0 bridgehead atoms. The van der Waals surface area contributed by atoms with Gasteiger partial charge in [0.1, 0.15) is 5.56 Å². The average molecular weight is 542 g/mol. The van der Waals surface area contributed by atoms with E-state index >= 15 is 0 Å². The van der Waals surface area contributed by atoms with E-state index in [4.69, 9.17) is 0 Å². The van der Waals surface area contributed by atoms with E-state index < -0.39 is 6.04 Å². The molecular weight excluding hydrogens is 514 g/mol. The molecule has 0 aliphatic rings. The third-order valence-corrected chi connectivity index (χ3v) is 7.00. The van der Waals surface area contributed by atoms with Gasteiger partial charge in [-0.2, -0.15) is 10.2 Å². The Morgan fingerprint density at radius 2 is 1.85 bits per heavy atom. The van der Waals surface area contributed by atoms with Crippen LogP contribution >= 0.6 is 0 Å². The highest BCUT2D eigenvalue weighted by molar-refractivity contribution is 6.01. The van der Waals surface area contributed by atoms with Gasteiger partial charge in [-0.25, -0.2) is 9.50 Å². The Balaban J connectivity index is 1.49. The number of nitrogens with one attached hydrogen (secondary N) is 1. The van der Waals surface area contributed by atoms with E-state index in [1.165, 1.54) is 0 Å². The third-order valence-electron chi connectivity index (χ3n) is 7.00. The lowest BCUT2D eigenvalue weighted by Gasteiger charge is -2.21. The van der Waals surface area contributed by atoms with Gasteiger partial charge in [-0.1, -0.05) is 41.7 Å². The van der Waals surface area contributed by atoms with Crippen molar-refractivity contribution in [1.29, 1.82) is 0 Å². The molecule has 0 unspecified atom stereocenters. The van der Waals surface area contributed by atoms with Gasteiger partial charge < -0.3 is 5.32 Å². The lowest BCUT2D eigenvalue weighted by atomic mass is 10.0. The van der Waals surface area contributed by atoms with Crippen molar-refractivity contribution >= 4 is 22.3 Å². The summed E-state index contributed by atoms with van der Waals surface area (Å²) >= 11 is 0. The second kappa shape index (κ2) is 10.2. The van der Waals surface area contributed by atoms with Gasteiger partial charge in [0.25, 0.3) is 11.5 Å². The van der Waals surface area contributed by atoms with E-state index in [1.807, 2.05) is 75.6 Å². The van der Waals surface area contributed by atoms with Crippen LogP contribution in [0.5, 0.6) is 0 Å². The number of rotatable bonds is 4. The maximum atomic E-state index is 14.3. The molecule has 0 aliphatic carbocycles. The largest absolute Gasteiger partial charge is 0.344 e. The zero-order valence-corrected chi connectivity index (χ0v) is 23.1. The first-order chi connectivity index (χ1) is 19.8. The van der Waals surface area contributed by atoms with Gasteiger partial charge in [0.05, 0.1) is 28.9 Å². The van der Waals surface area contributed by atoms with E-state index in [9.17, 15) is 9.59 Å². The van der Waals surface area contributed by atoms with Crippen molar-refractivity contribution in [3.63, 3.8) is 0 Å². The van der Waals surface area contributed by atoms with E-state index in [1.54, 1.807) is 45.3 Å². The Labute approximate surface area is 236 Å². The predicted molar refractivity (Wildman–Crippen MR) is 157 cm³/mol. The van der Waals surface area contributed by atoms with Crippen LogP contribution in [-0.4, -0.2) is 34.9 Å². The standard InChI is InChI=1S/C32H27N7O2/c1-20-9-13-26(14-10-20)39-27(21(2)35-31(40)28-22(3)36-38-16-6-15-33-30(28)38)17-25-8-5-7-24(29(25)32(39)41)12-11-23-18-34-37(4)19-23/h5-10,13-19,21H,1-4H3,(H,35,40)/t21-/m0/s1. The molecule has 0 saturated carbocycles. The van der Waals surface area contributed by atoms with Crippen LogP contribution in [-0.2, 0) is 7.05 Å². The van der Waals surface area contributed by atoms with Crippen molar-refractivity contribution in [2.45, 2.75) is 26.8 Å². The van der Waals surface area contributed by atoms with Crippen molar-refractivity contribution in [3.8, 4) is 17.5 Å². The molecule has 1 N–H and O–H groups in total. The first-order valence-electron chi connectivity index (χ1n) is 13.2. The molecule has 9 heteroatoms. The zero-order chi connectivity index (χ0) is 28.7. The molecule has 6 rings (SSSR count). The zero-order valence-electron chi connectivity index (χ0n) is 23.1. The number of amides is 1. The highest BCUT2D eigenvalue weighted by Crippen LogP contribution is 2.24. The smallest absolute Gasteiger partial charge is 0.264 e. The molecule has 4 aromatic heterocycles. The number of carbonyl (C=O) groups is 1. The molecule has 1 amide bonds. The molecule has 0 radical (unpaired) electrons. The monoisotopic (exact) mass is 541 g/mol. The fraction of sp³-hybridized carbons (Fsp3) is 0.156. The van der Waals surface area contributed by atoms with Crippen molar-refractivity contribution in [3.05, 3.63) is 123 Å². The SMILES string of the molecule is Cc1ccc(-n2c([C@H](C)NC(=O)c3c(C)nn4cccnc34)cc3cccc(C#Cc4cnn(C)c4)c3c2=O)cc1. The lowest BCUT2D eigenvalue weighted by Crippen LogP contribution is -2.32. The molecular formula is C32H27N7O2. The van der Waals surface area contributed by atoms with Crippen LogP contribution in [0.4, 0.5) is 0 Å². The van der Waals surface area contributed by atoms with Gasteiger partial charge in [0, 0.05) is 42.6 Å². The average Bonchev–Trinajstić information content (AvgIpc) is 3.53. The summed E-state index contributed by atoms with van der Waals surface area (Å²) in [4.78, 5) is 32.1. The first kappa shape index (κ1) is 25.8. The summed E-state index contributed by atoms with van der Waals surface area (Å²) < 4.78 is 4.93. The minimum absolute atomic E-state index is 0.215. The number of hydrogen-bond donors (Lipinski definition) is 1. The summed E-state index contributed by atoms with van der Waals surface area (Å²) in [7, 11) is 1.83. The lowest BCUT2D eigenvalue weighted by molar-refractivity contribution is 0.0939. The third kappa shape index (κ3) is 4.76. The normalized spacial score (nSPS) is 11.8. The van der Waals surface area contributed by atoms with Crippen LogP contribution in [0.2, 0.25) is 0 Å². The van der Waals surface area contributed by atoms with Crippen LogP contribution in [0.3, 0.4) is 0 Å². The van der Waals surface area contributed by atoms with E-state index in [-0.39, 0.29) is 11.5 Å². The summed E-state index contributed by atoms with van der Waals surface area (Å²) in [6, 6.07) is 16.5. The molecule has 4 heterocycles. The molecule has 202 valence electrons. The van der Waals surface area contributed by atoms with Crippen LogP contribution < -0.4 is 10.9 Å². The second-order valence-electron chi connectivity index (χ2n) is 10.0. The Bertz CT molecular complexity index is 2070. The van der Waals surface area contributed by atoms with Gasteiger partial charge in [0.2, 0.25) is 0 Å². The number of benzene rings is 2. The van der Waals surface area contributed by atoms with E-state index in [0.29, 0.717) is 39.2 Å². The number of pyridine rings is 1. The summed E-state index contributed by atoms with van der Waals surface area (Å²) in [6.07, 6.45) is 6.89. The summed E-state index contributed by atoms with van der Waals surface area (Å²) in [5, 5.41) is 12.9. The number of hydrogen-bond acceptors (Lipinski definition) is 5. The van der Waals surface area contributed by atoms with Crippen LogP contribution in [0, 0.1) is 25.7 Å². The van der Waals surface area contributed by atoms with Gasteiger partial charge >= 0.3 is 0 Å². The van der Waals surface area contributed by atoms with Crippen molar-refractivity contribution in [2.75, 3.05) is 0 Å². The predicted octanol–water partition coefficient (Wildman–Crippen LogP) is 4.27. The molecule has 0 aliphatic heterocycles. The van der Waals surface area contributed by atoms with Crippen LogP contribution in [0.15, 0.2) is 84.2 Å². The van der Waals surface area contributed by atoms with E-state index in [2.05, 4.69) is 32.3 Å². The summed E-state index contributed by atoms with van der Waals surface area (Å²) in [5.74, 6) is 5.96. The minimum Gasteiger partial charge on any atom is -0.344 e. The fourth-order valence-electron chi connectivity index (χ4n) is 5.00. The first-order valence-corrected chi connectivity index (χ1v) is 13.2. The number of nitrogens with zero attached hydrogens (tertiary/aromatic N) is 6. The van der Waals surface area contributed by atoms with Crippen LogP contribution in [0.1, 0.15) is 51.4 Å². The van der Waals surface area contributed by atoms with Gasteiger partial charge in [0.15, 0.2) is 5.65 Å².